The van der Waals surface area contributed by atoms with Crippen molar-refractivity contribution >= 4 is 11.8 Å². The number of benzene rings is 2. The SMILES string of the molecule is CCOc1ccc([C@H]2C(C(=O)OC3CCCC3)=C(C)NC3=C2C(=O)C[C@@H](c2ccccc2)C3)cc1. The summed E-state index contributed by atoms with van der Waals surface area (Å²) in [7, 11) is 0. The van der Waals surface area contributed by atoms with Crippen molar-refractivity contribution in [1.82, 2.24) is 5.32 Å². The number of ether oxygens (including phenoxy) is 2. The average molecular weight is 472 g/mol. The number of rotatable bonds is 6. The van der Waals surface area contributed by atoms with E-state index in [9.17, 15) is 9.59 Å². The molecule has 1 N–H and O–H groups in total. The standard InChI is InChI=1S/C30H33NO4/c1-3-34-23-15-13-21(14-16-23)28-27(30(33)35-24-11-7-8-12-24)19(2)31-25-17-22(18-26(32)29(25)28)20-9-5-4-6-10-20/h4-6,9-10,13-16,22,24,28,31H,3,7-8,11-12,17-18H2,1-2H3/t22-,28-/m0/s1. The highest BCUT2D eigenvalue weighted by Crippen LogP contribution is 2.46. The third-order valence-electron chi connectivity index (χ3n) is 7.42. The van der Waals surface area contributed by atoms with Crippen LogP contribution in [0, 0.1) is 0 Å². The smallest absolute Gasteiger partial charge is 0.337 e. The maximum absolute atomic E-state index is 13.7. The Balaban J connectivity index is 1.53. The molecule has 0 unspecified atom stereocenters. The first-order valence-corrected chi connectivity index (χ1v) is 12.8. The quantitative estimate of drug-likeness (QED) is 0.529. The molecule has 0 radical (unpaired) electrons. The van der Waals surface area contributed by atoms with Crippen molar-refractivity contribution < 1.29 is 19.1 Å². The molecule has 5 rings (SSSR count). The molecule has 1 fully saturated rings. The van der Waals surface area contributed by atoms with E-state index in [1.54, 1.807) is 0 Å². The second-order valence-corrected chi connectivity index (χ2v) is 9.74. The molecule has 2 aromatic carbocycles. The summed E-state index contributed by atoms with van der Waals surface area (Å²) in [6.07, 6.45) is 5.12. The lowest BCUT2D eigenvalue weighted by Gasteiger charge is -2.37. The van der Waals surface area contributed by atoms with E-state index in [0.29, 0.717) is 24.2 Å². The van der Waals surface area contributed by atoms with Crippen molar-refractivity contribution in [3.63, 3.8) is 0 Å². The van der Waals surface area contributed by atoms with Gasteiger partial charge in [-0.05, 0) is 75.1 Å². The van der Waals surface area contributed by atoms with Crippen molar-refractivity contribution in [2.45, 2.75) is 70.3 Å². The van der Waals surface area contributed by atoms with Gasteiger partial charge in [-0.15, -0.1) is 0 Å². The number of dihydropyridines is 1. The van der Waals surface area contributed by atoms with Crippen LogP contribution in [0.5, 0.6) is 5.75 Å². The lowest BCUT2D eigenvalue weighted by molar-refractivity contribution is -0.144. The Kier molecular flexibility index (Phi) is 6.76. The van der Waals surface area contributed by atoms with Crippen molar-refractivity contribution in [3.8, 4) is 5.75 Å². The van der Waals surface area contributed by atoms with Crippen LogP contribution >= 0.6 is 0 Å². The van der Waals surface area contributed by atoms with E-state index in [0.717, 1.165) is 54.8 Å². The van der Waals surface area contributed by atoms with Gasteiger partial charge in [-0.3, -0.25) is 4.79 Å². The highest BCUT2D eigenvalue weighted by Gasteiger charge is 2.42. The summed E-state index contributed by atoms with van der Waals surface area (Å²) in [6.45, 7) is 4.46. The van der Waals surface area contributed by atoms with Gasteiger partial charge in [-0.1, -0.05) is 42.5 Å². The van der Waals surface area contributed by atoms with Crippen LogP contribution in [0.4, 0.5) is 0 Å². The van der Waals surface area contributed by atoms with Crippen LogP contribution in [0.2, 0.25) is 0 Å². The fourth-order valence-electron chi connectivity index (χ4n) is 5.75. The van der Waals surface area contributed by atoms with Gasteiger partial charge < -0.3 is 14.8 Å². The number of carbonyl (C=O) groups excluding carboxylic acids is 2. The number of hydrogen-bond acceptors (Lipinski definition) is 5. The highest BCUT2D eigenvalue weighted by molar-refractivity contribution is 6.04. The molecule has 182 valence electrons. The predicted molar refractivity (Wildman–Crippen MR) is 135 cm³/mol. The molecule has 35 heavy (non-hydrogen) atoms. The number of esters is 1. The number of nitrogens with one attached hydrogen (secondary N) is 1. The largest absolute Gasteiger partial charge is 0.494 e. The van der Waals surface area contributed by atoms with Gasteiger partial charge in [0.05, 0.1) is 12.2 Å². The van der Waals surface area contributed by atoms with Crippen LogP contribution in [-0.4, -0.2) is 24.5 Å². The Bertz CT molecular complexity index is 1160. The predicted octanol–water partition coefficient (Wildman–Crippen LogP) is 5.93. The summed E-state index contributed by atoms with van der Waals surface area (Å²) in [5.41, 5.74) is 5.01. The van der Waals surface area contributed by atoms with Crippen LogP contribution in [0.15, 0.2) is 77.1 Å². The van der Waals surface area contributed by atoms with Gasteiger partial charge in [-0.2, -0.15) is 0 Å². The van der Waals surface area contributed by atoms with Crippen LogP contribution in [-0.2, 0) is 14.3 Å². The maximum atomic E-state index is 13.7. The van der Waals surface area contributed by atoms with Crippen LogP contribution in [0.1, 0.15) is 75.3 Å². The highest BCUT2D eigenvalue weighted by atomic mass is 16.5. The summed E-state index contributed by atoms with van der Waals surface area (Å²) in [6, 6.07) is 18.0. The second-order valence-electron chi connectivity index (χ2n) is 9.74. The number of ketones is 1. The summed E-state index contributed by atoms with van der Waals surface area (Å²) in [5, 5.41) is 3.45. The molecule has 0 saturated heterocycles. The number of hydrogen-bond donors (Lipinski definition) is 1. The van der Waals surface area contributed by atoms with E-state index < -0.39 is 5.92 Å². The van der Waals surface area contributed by atoms with Crippen molar-refractivity contribution in [1.29, 1.82) is 0 Å². The Morgan fingerprint density at radius 3 is 2.37 bits per heavy atom. The summed E-state index contributed by atoms with van der Waals surface area (Å²) in [5.74, 6) is 0.223. The van der Waals surface area contributed by atoms with E-state index in [2.05, 4.69) is 17.4 Å². The Labute approximate surface area is 207 Å². The minimum absolute atomic E-state index is 0.0383. The zero-order chi connectivity index (χ0) is 24.4. The van der Waals surface area contributed by atoms with Crippen LogP contribution in [0.25, 0.3) is 0 Å². The van der Waals surface area contributed by atoms with Crippen molar-refractivity contribution in [2.24, 2.45) is 0 Å². The van der Waals surface area contributed by atoms with Gasteiger partial charge in [0.15, 0.2) is 5.78 Å². The fourth-order valence-corrected chi connectivity index (χ4v) is 5.75. The fraction of sp³-hybridized carbons (Fsp3) is 0.400. The molecule has 0 amide bonds. The Hall–Kier alpha value is -3.34. The maximum Gasteiger partial charge on any atom is 0.337 e. The minimum atomic E-state index is -0.444. The zero-order valence-corrected chi connectivity index (χ0v) is 20.5. The number of carbonyl (C=O) groups is 2. The summed E-state index contributed by atoms with van der Waals surface area (Å²) >= 11 is 0. The van der Waals surface area contributed by atoms with Gasteiger partial charge in [0.25, 0.3) is 0 Å². The van der Waals surface area contributed by atoms with Crippen LogP contribution in [0.3, 0.4) is 0 Å². The van der Waals surface area contributed by atoms with E-state index in [1.165, 1.54) is 5.56 Å². The summed E-state index contributed by atoms with van der Waals surface area (Å²) < 4.78 is 11.6. The average Bonchev–Trinajstić information content (AvgIpc) is 3.37. The molecule has 1 saturated carbocycles. The number of allylic oxidation sites excluding steroid dienone is 3. The molecule has 5 nitrogen and oxygen atoms in total. The van der Waals surface area contributed by atoms with E-state index in [1.807, 2.05) is 56.3 Å². The Morgan fingerprint density at radius 1 is 0.971 bits per heavy atom. The van der Waals surface area contributed by atoms with Gasteiger partial charge in [0.2, 0.25) is 0 Å². The monoisotopic (exact) mass is 471 g/mol. The lowest BCUT2D eigenvalue weighted by Crippen LogP contribution is -2.36. The van der Waals surface area contributed by atoms with Gasteiger partial charge >= 0.3 is 5.97 Å². The lowest BCUT2D eigenvalue weighted by atomic mass is 9.71. The zero-order valence-electron chi connectivity index (χ0n) is 20.5. The van der Waals surface area contributed by atoms with E-state index >= 15 is 0 Å². The first-order chi connectivity index (χ1) is 17.0. The first-order valence-electron chi connectivity index (χ1n) is 12.8. The van der Waals surface area contributed by atoms with Crippen molar-refractivity contribution in [3.05, 3.63) is 88.3 Å². The van der Waals surface area contributed by atoms with Crippen LogP contribution < -0.4 is 10.1 Å². The molecule has 2 aromatic rings. The Morgan fingerprint density at radius 2 is 1.69 bits per heavy atom. The molecule has 0 bridgehead atoms. The molecule has 0 aromatic heterocycles. The molecular weight excluding hydrogens is 438 g/mol. The molecule has 2 aliphatic carbocycles. The molecule has 1 heterocycles. The minimum Gasteiger partial charge on any atom is -0.494 e. The molecule has 1 aliphatic heterocycles. The second kappa shape index (κ2) is 10.1. The van der Waals surface area contributed by atoms with Gasteiger partial charge in [0, 0.05) is 29.3 Å². The first kappa shape index (κ1) is 23.4. The molecular formula is C30H33NO4. The molecule has 0 spiro atoms. The summed E-state index contributed by atoms with van der Waals surface area (Å²) in [4.78, 5) is 27.2. The third-order valence-corrected chi connectivity index (χ3v) is 7.42. The molecule has 5 heteroatoms. The number of Topliss-reactive ketones (excluding diaryl/α,β-unsaturated/α-hetero) is 1. The van der Waals surface area contributed by atoms with Crippen molar-refractivity contribution in [2.75, 3.05) is 6.61 Å². The van der Waals surface area contributed by atoms with E-state index in [-0.39, 0.29) is 23.8 Å². The molecule has 3 aliphatic rings. The topological polar surface area (TPSA) is 64.6 Å². The van der Waals surface area contributed by atoms with Gasteiger partial charge in [-0.25, -0.2) is 4.79 Å². The van der Waals surface area contributed by atoms with E-state index in [4.69, 9.17) is 9.47 Å². The van der Waals surface area contributed by atoms with Gasteiger partial charge in [0.1, 0.15) is 11.9 Å². The third kappa shape index (κ3) is 4.77. The molecule has 2 atom stereocenters. The normalized spacial score (nSPS) is 22.6.